The normalized spacial score (nSPS) is 21.0. The Kier molecular flexibility index (Phi) is 5.42. The van der Waals surface area contributed by atoms with Gasteiger partial charge in [0.2, 0.25) is 5.91 Å². The van der Waals surface area contributed by atoms with E-state index in [1.54, 1.807) is 24.3 Å². The van der Waals surface area contributed by atoms with Gasteiger partial charge in [0.05, 0.1) is 0 Å². The molecule has 3 rings (SSSR count). The molecule has 1 aromatic carbocycles. The highest BCUT2D eigenvalue weighted by atomic mass is 35.5. The molecule has 0 radical (unpaired) electrons. The fourth-order valence-electron chi connectivity index (χ4n) is 2.59. The first-order chi connectivity index (χ1) is 10.1. The second-order valence-electron chi connectivity index (χ2n) is 5.89. The maximum Gasteiger partial charge on any atom is 0.254 e. The number of nitrogens with zero attached hydrogens (tertiary/aromatic N) is 1. The van der Waals surface area contributed by atoms with E-state index in [4.69, 9.17) is 0 Å². The SMILES string of the molecule is CC1CNCCN1C(=O)c1ccc(NC(=O)C2CC2)cc1.Cl. The molecule has 2 fully saturated rings. The second kappa shape index (κ2) is 7.11. The summed E-state index contributed by atoms with van der Waals surface area (Å²) >= 11 is 0. The van der Waals surface area contributed by atoms with E-state index >= 15 is 0 Å². The van der Waals surface area contributed by atoms with Crippen LogP contribution in [0.1, 0.15) is 30.1 Å². The molecule has 22 heavy (non-hydrogen) atoms. The Morgan fingerprint density at radius 2 is 1.91 bits per heavy atom. The summed E-state index contributed by atoms with van der Waals surface area (Å²) in [5, 5.41) is 6.16. The maximum absolute atomic E-state index is 12.5. The van der Waals surface area contributed by atoms with Crippen molar-refractivity contribution in [3.05, 3.63) is 29.8 Å². The molecule has 2 aliphatic rings. The number of hydrogen-bond donors (Lipinski definition) is 2. The molecule has 1 saturated carbocycles. The van der Waals surface area contributed by atoms with E-state index in [9.17, 15) is 9.59 Å². The van der Waals surface area contributed by atoms with Gasteiger partial charge in [0.1, 0.15) is 0 Å². The van der Waals surface area contributed by atoms with Gasteiger partial charge < -0.3 is 15.5 Å². The summed E-state index contributed by atoms with van der Waals surface area (Å²) in [4.78, 5) is 26.1. The number of anilines is 1. The molecule has 0 bridgehead atoms. The first-order valence-electron chi connectivity index (χ1n) is 7.58. The van der Waals surface area contributed by atoms with Crippen LogP contribution in [0.15, 0.2) is 24.3 Å². The highest BCUT2D eigenvalue weighted by Crippen LogP contribution is 2.30. The molecular weight excluding hydrogens is 302 g/mol. The lowest BCUT2D eigenvalue weighted by molar-refractivity contribution is -0.117. The third kappa shape index (κ3) is 3.78. The zero-order chi connectivity index (χ0) is 14.8. The van der Waals surface area contributed by atoms with E-state index in [1.807, 2.05) is 11.8 Å². The van der Waals surface area contributed by atoms with E-state index in [0.29, 0.717) is 5.56 Å². The van der Waals surface area contributed by atoms with Crippen molar-refractivity contribution in [1.29, 1.82) is 0 Å². The molecule has 2 amide bonds. The summed E-state index contributed by atoms with van der Waals surface area (Å²) in [6.45, 7) is 4.46. The fraction of sp³-hybridized carbons (Fsp3) is 0.500. The number of carbonyl (C=O) groups is 2. The summed E-state index contributed by atoms with van der Waals surface area (Å²) < 4.78 is 0. The molecule has 1 aliphatic heterocycles. The smallest absolute Gasteiger partial charge is 0.254 e. The van der Waals surface area contributed by atoms with Crippen LogP contribution in [0.4, 0.5) is 5.69 Å². The molecule has 6 heteroatoms. The van der Waals surface area contributed by atoms with Crippen LogP contribution in [0.5, 0.6) is 0 Å². The van der Waals surface area contributed by atoms with E-state index in [0.717, 1.165) is 38.2 Å². The lowest BCUT2D eigenvalue weighted by Gasteiger charge is -2.34. The van der Waals surface area contributed by atoms with Crippen molar-refractivity contribution < 1.29 is 9.59 Å². The number of amides is 2. The quantitative estimate of drug-likeness (QED) is 0.893. The third-order valence-electron chi connectivity index (χ3n) is 4.11. The van der Waals surface area contributed by atoms with Gasteiger partial charge in [0.15, 0.2) is 0 Å². The van der Waals surface area contributed by atoms with Crippen LogP contribution in [0, 0.1) is 5.92 Å². The van der Waals surface area contributed by atoms with Gasteiger partial charge in [-0.3, -0.25) is 9.59 Å². The van der Waals surface area contributed by atoms with Crippen molar-refractivity contribution in [3.63, 3.8) is 0 Å². The van der Waals surface area contributed by atoms with Gasteiger partial charge >= 0.3 is 0 Å². The van der Waals surface area contributed by atoms with Crippen LogP contribution in [-0.2, 0) is 4.79 Å². The standard InChI is InChI=1S/C16H21N3O2.ClH/c1-11-10-17-8-9-19(11)16(21)13-4-6-14(7-5-13)18-15(20)12-2-3-12;/h4-7,11-12,17H,2-3,8-10H2,1H3,(H,18,20);1H. The number of nitrogens with one attached hydrogen (secondary N) is 2. The molecule has 2 N–H and O–H groups in total. The topological polar surface area (TPSA) is 61.4 Å². The van der Waals surface area contributed by atoms with Crippen molar-refractivity contribution in [2.45, 2.75) is 25.8 Å². The Morgan fingerprint density at radius 3 is 2.50 bits per heavy atom. The van der Waals surface area contributed by atoms with Crippen molar-refractivity contribution in [3.8, 4) is 0 Å². The molecule has 0 aromatic heterocycles. The Hall–Kier alpha value is -1.59. The number of hydrogen-bond acceptors (Lipinski definition) is 3. The monoisotopic (exact) mass is 323 g/mol. The van der Waals surface area contributed by atoms with E-state index < -0.39 is 0 Å². The zero-order valence-electron chi connectivity index (χ0n) is 12.7. The number of carbonyl (C=O) groups excluding carboxylic acids is 2. The minimum atomic E-state index is 0. The summed E-state index contributed by atoms with van der Waals surface area (Å²) in [6.07, 6.45) is 1.98. The summed E-state index contributed by atoms with van der Waals surface area (Å²) in [5.41, 5.74) is 1.44. The molecular formula is C16H22ClN3O2. The Morgan fingerprint density at radius 1 is 1.23 bits per heavy atom. The van der Waals surface area contributed by atoms with Gasteiger partial charge in [0, 0.05) is 42.8 Å². The largest absolute Gasteiger partial charge is 0.333 e. The number of benzene rings is 1. The number of halogens is 1. The molecule has 1 heterocycles. The van der Waals surface area contributed by atoms with Crippen molar-refractivity contribution in [1.82, 2.24) is 10.2 Å². The highest BCUT2D eigenvalue weighted by Gasteiger charge is 2.29. The van der Waals surface area contributed by atoms with Crippen LogP contribution >= 0.6 is 12.4 Å². The molecule has 120 valence electrons. The average Bonchev–Trinajstić information content (AvgIpc) is 3.32. The van der Waals surface area contributed by atoms with Gasteiger partial charge in [-0.25, -0.2) is 0 Å². The molecule has 0 spiro atoms. The minimum absolute atomic E-state index is 0. The second-order valence-corrected chi connectivity index (χ2v) is 5.89. The van der Waals surface area contributed by atoms with E-state index in [2.05, 4.69) is 10.6 Å². The van der Waals surface area contributed by atoms with Crippen LogP contribution in [0.2, 0.25) is 0 Å². The lowest BCUT2D eigenvalue weighted by Crippen LogP contribution is -2.52. The highest BCUT2D eigenvalue weighted by molar-refractivity contribution is 5.97. The first kappa shape index (κ1) is 16.8. The van der Waals surface area contributed by atoms with Gasteiger partial charge in [-0.15, -0.1) is 12.4 Å². The van der Waals surface area contributed by atoms with Gasteiger partial charge in [0.25, 0.3) is 5.91 Å². The van der Waals surface area contributed by atoms with Crippen molar-refractivity contribution in [2.24, 2.45) is 5.92 Å². The summed E-state index contributed by atoms with van der Waals surface area (Å²) in [5.74, 6) is 0.335. The van der Waals surface area contributed by atoms with E-state index in [1.165, 1.54) is 0 Å². The Bertz CT molecular complexity index is 543. The van der Waals surface area contributed by atoms with Gasteiger partial charge in [-0.05, 0) is 44.0 Å². The zero-order valence-corrected chi connectivity index (χ0v) is 13.5. The molecule has 1 aromatic rings. The van der Waals surface area contributed by atoms with Crippen LogP contribution in [0.3, 0.4) is 0 Å². The molecule has 1 atom stereocenters. The summed E-state index contributed by atoms with van der Waals surface area (Å²) in [6, 6.07) is 7.40. The predicted molar refractivity (Wildman–Crippen MR) is 88.4 cm³/mol. The van der Waals surface area contributed by atoms with Crippen molar-refractivity contribution in [2.75, 3.05) is 25.0 Å². The maximum atomic E-state index is 12.5. The molecule has 1 unspecified atom stereocenters. The molecule has 1 saturated heterocycles. The van der Waals surface area contributed by atoms with Gasteiger partial charge in [-0.2, -0.15) is 0 Å². The van der Waals surface area contributed by atoms with E-state index in [-0.39, 0.29) is 36.2 Å². The van der Waals surface area contributed by atoms with Crippen LogP contribution < -0.4 is 10.6 Å². The number of rotatable bonds is 3. The average molecular weight is 324 g/mol. The fourth-order valence-corrected chi connectivity index (χ4v) is 2.59. The number of piperazine rings is 1. The van der Waals surface area contributed by atoms with Gasteiger partial charge in [-0.1, -0.05) is 0 Å². The van der Waals surface area contributed by atoms with Crippen LogP contribution in [0.25, 0.3) is 0 Å². The van der Waals surface area contributed by atoms with Crippen molar-refractivity contribution >= 4 is 29.9 Å². The third-order valence-corrected chi connectivity index (χ3v) is 4.11. The summed E-state index contributed by atoms with van der Waals surface area (Å²) in [7, 11) is 0. The van der Waals surface area contributed by atoms with Crippen LogP contribution in [-0.4, -0.2) is 42.4 Å². The molecule has 5 nitrogen and oxygen atoms in total. The lowest BCUT2D eigenvalue weighted by atomic mass is 10.1. The first-order valence-corrected chi connectivity index (χ1v) is 7.58. The predicted octanol–water partition coefficient (Wildman–Crippen LogP) is 1.89. The Labute approximate surface area is 136 Å². The minimum Gasteiger partial charge on any atom is -0.333 e. The molecule has 1 aliphatic carbocycles. The Balaban J connectivity index is 0.00000176.